The number of hydrogen-bond acceptors (Lipinski definition) is 4. The van der Waals surface area contributed by atoms with Crippen LogP contribution in [0.1, 0.15) is 19.4 Å². The third kappa shape index (κ3) is 3.59. The Balaban J connectivity index is 2.94. The summed E-state index contributed by atoms with van der Waals surface area (Å²) in [7, 11) is 0. The van der Waals surface area contributed by atoms with E-state index in [9.17, 15) is 4.79 Å². The lowest BCUT2D eigenvalue weighted by Gasteiger charge is -2.08. The minimum Gasteiger partial charge on any atom is -0.494 e. The van der Waals surface area contributed by atoms with Crippen LogP contribution in [0.3, 0.4) is 0 Å². The highest BCUT2D eigenvalue weighted by Gasteiger charge is 2.04. The van der Waals surface area contributed by atoms with E-state index in [-0.39, 0.29) is 6.61 Å². The quantitative estimate of drug-likeness (QED) is 0.604. The monoisotopic (exact) mass is 210 g/mol. The van der Waals surface area contributed by atoms with Gasteiger partial charge < -0.3 is 14.6 Å². The minimum atomic E-state index is -0.396. The second kappa shape index (κ2) is 5.36. The summed E-state index contributed by atoms with van der Waals surface area (Å²) < 4.78 is 10.2. The first-order valence-electron chi connectivity index (χ1n) is 4.71. The van der Waals surface area contributed by atoms with Crippen molar-refractivity contribution in [1.29, 1.82) is 0 Å². The van der Waals surface area contributed by atoms with Gasteiger partial charge in [0.2, 0.25) is 0 Å². The third-order valence-corrected chi connectivity index (χ3v) is 1.69. The molecule has 0 amide bonds. The molecule has 1 aromatic carbocycles. The lowest BCUT2D eigenvalue weighted by Crippen LogP contribution is -2.02. The first-order valence-corrected chi connectivity index (χ1v) is 4.71. The second-order valence-corrected chi connectivity index (χ2v) is 3.00. The number of hydrogen-bond donors (Lipinski definition) is 1. The highest BCUT2D eigenvalue weighted by Crippen LogP contribution is 2.23. The number of aliphatic hydroxyl groups excluding tert-OH is 1. The van der Waals surface area contributed by atoms with Crippen LogP contribution in [0.25, 0.3) is 0 Å². The van der Waals surface area contributed by atoms with E-state index in [4.69, 9.17) is 14.6 Å². The van der Waals surface area contributed by atoms with Crippen LogP contribution in [-0.4, -0.2) is 17.7 Å². The van der Waals surface area contributed by atoms with Crippen molar-refractivity contribution in [1.82, 2.24) is 0 Å². The first-order chi connectivity index (χ1) is 7.15. The van der Waals surface area contributed by atoms with Gasteiger partial charge in [-0.25, -0.2) is 0 Å². The van der Waals surface area contributed by atoms with Crippen molar-refractivity contribution in [3.8, 4) is 11.5 Å². The average molecular weight is 210 g/mol. The highest BCUT2D eigenvalue weighted by atomic mass is 16.5. The predicted octanol–water partition coefficient (Wildman–Crippen LogP) is 1.50. The fraction of sp³-hybridized carbons (Fsp3) is 0.364. The summed E-state index contributed by atoms with van der Waals surface area (Å²) in [6, 6.07) is 4.92. The van der Waals surface area contributed by atoms with Gasteiger partial charge >= 0.3 is 5.97 Å². The fourth-order valence-electron chi connectivity index (χ4n) is 1.20. The number of carbonyl (C=O) groups is 1. The maximum atomic E-state index is 10.8. The number of esters is 1. The number of carbonyl (C=O) groups excluding carboxylic acids is 1. The molecule has 1 aromatic rings. The van der Waals surface area contributed by atoms with Crippen LogP contribution in [0, 0.1) is 0 Å². The fourth-order valence-corrected chi connectivity index (χ4v) is 1.20. The molecule has 82 valence electrons. The standard InChI is InChI=1S/C11H14O4/c1-3-14-10-4-9(7-12)5-11(6-10)15-8(2)13/h4-6,12H,3,7H2,1-2H3. The largest absolute Gasteiger partial charge is 0.494 e. The maximum absolute atomic E-state index is 10.8. The van der Waals surface area contributed by atoms with Crippen LogP contribution in [0.2, 0.25) is 0 Å². The molecule has 0 aliphatic heterocycles. The molecule has 0 atom stereocenters. The van der Waals surface area contributed by atoms with Gasteiger partial charge in [-0.05, 0) is 24.6 Å². The molecular weight excluding hydrogens is 196 g/mol. The van der Waals surface area contributed by atoms with Gasteiger partial charge in [-0.3, -0.25) is 4.79 Å². The molecule has 4 nitrogen and oxygen atoms in total. The van der Waals surface area contributed by atoms with E-state index in [1.807, 2.05) is 6.92 Å². The van der Waals surface area contributed by atoms with Crippen LogP contribution < -0.4 is 9.47 Å². The van der Waals surface area contributed by atoms with Gasteiger partial charge in [0.15, 0.2) is 0 Å². The van der Waals surface area contributed by atoms with Crippen molar-refractivity contribution in [2.24, 2.45) is 0 Å². The second-order valence-electron chi connectivity index (χ2n) is 3.00. The average Bonchev–Trinajstić information content (AvgIpc) is 2.16. The predicted molar refractivity (Wildman–Crippen MR) is 54.8 cm³/mol. The number of ether oxygens (including phenoxy) is 2. The van der Waals surface area contributed by atoms with Gasteiger partial charge in [0.05, 0.1) is 13.2 Å². The summed E-state index contributed by atoms with van der Waals surface area (Å²) in [5.41, 5.74) is 0.650. The first kappa shape index (κ1) is 11.5. The van der Waals surface area contributed by atoms with Crippen LogP contribution in [0.15, 0.2) is 18.2 Å². The van der Waals surface area contributed by atoms with Crippen LogP contribution in [0.5, 0.6) is 11.5 Å². The normalized spacial score (nSPS) is 9.80. The summed E-state index contributed by atoms with van der Waals surface area (Å²) in [6.07, 6.45) is 0. The van der Waals surface area contributed by atoms with Gasteiger partial charge in [0.25, 0.3) is 0 Å². The van der Waals surface area contributed by atoms with Gasteiger partial charge in [0.1, 0.15) is 11.5 Å². The summed E-state index contributed by atoms with van der Waals surface area (Å²) in [4.78, 5) is 10.8. The van der Waals surface area contributed by atoms with E-state index >= 15 is 0 Å². The molecule has 0 radical (unpaired) electrons. The van der Waals surface area contributed by atoms with Crippen molar-refractivity contribution in [2.45, 2.75) is 20.5 Å². The van der Waals surface area contributed by atoms with Gasteiger partial charge in [0, 0.05) is 13.0 Å². The SMILES string of the molecule is CCOc1cc(CO)cc(OC(C)=O)c1. The van der Waals surface area contributed by atoms with Gasteiger partial charge in [-0.1, -0.05) is 0 Å². The summed E-state index contributed by atoms with van der Waals surface area (Å²) in [5, 5.41) is 8.99. The molecule has 0 heterocycles. The Morgan fingerprint density at radius 2 is 2.00 bits per heavy atom. The van der Waals surface area contributed by atoms with Crippen molar-refractivity contribution in [3.05, 3.63) is 23.8 Å². The van der Waals surface area contributed by atoms with Gasteiger partial charge in [-0.2, -0.15) is 0 Å². The van der Waals surface area contributed by atoms with Crippen molar-refractivity contribution in [3.63, 3.8) is 0 Å². The molecule has 0 unspecified atom stereocenters. The van der Waals surface area contributed by atoms with E-state index in [1.165, 1.54) is 6.92 Å². The number of benzene rings is 1. The van der Waals surface area contributed by atoms with Crippen LogP contribution in [0.4, 0.5) is 0 Å². The van der Waals surface area contributed by atoms with Crippen LogP contribution in [-0.2, 0) is 11.4 Å². The Morgan fingerprint density at radius 1 is 1.33 bits per heavy atom. The third-order valence-electron chi connectivity index (χ3n) is 1.69. The van der Waals surface area contributed by atoms with E-state index in [0.717, 1.165) is 0 Å². The Hall–Kier alpha value is -1.55. The molecule has 0 bridgehead atoms. The smallest absolute Gasteiger partial charge is 0.308 e. The van der Waals surface area contributed by atoms with Gasteiger partial charge in [-0.15, -0.1) is 0 Å². The highest BCUT2D eigenvalue weighted by molar-refractivity contribution is 5.69. The molecule has 0 aromatic heterocycles. The molecule has 0 fully saturated rings. The molecular formula is C11H14O4. The maximum Gasteiger partial charge on any atom is 0.308 e. The topological polar surface area (TPSA) is 55.8 Å². The lowest BCUT2D eigenvalue weighted by molar-refractivity contribution is -0.131. The minimum absolute atomic E-state index is 0.116. The van der Waals surface area contributed by atoms with E-state index in [2.05, 4.69) is 0 Å². The molecule has 15 heavy (non-hydrogen) atoms. The Labute approximate surface area is 88.4 Å². The zero-order valence-electron chi connectivity index (χ0n) is 8.82. The zero-order valence-corrected chi connectivity index (χ0v) is 8.82. The summed E-state index contributed by atoms with van der Waals surface area (Å²) in [5.74, 6) is 0.574. The van der Waals surface area contributed by atoms with E-state index < -0.39 is 5.97 Å². The van der Waals surface area contributed by atoms with E-state index in [1.54, 1.807) is 18.2 Å². The molecule has 0 saturated heterocycles. The van der Waals surface area contributed by atoms with E-state index in [0.29, 0.717) is 23.7 Å². The summed E-state index contributed by atoms with van der Waals surface area (Å²) in [6.45, 7) is 3.59. The Kier molecular flexibility index (Phi) is 4.12. The molecule has 0 saturated carbocycles. The van der Waals surface area contributed by atoms with Crippen molar-refractivity contribution in [2.75, 3.05) is 6.61 Å². The molecule has 0 spiro atoms. The molecule has 0 aliphatic rings. The number of rotatable bonds is 4. The molecule has 1 N–H and O–H groups in total. The lowest BCUT2D eigenvalue weighted by atomic mass is 10.2. The molecule has 0 aliphatic carbocycles. The Morgan fingerprint density at radius 3 is 2.53 bits per heavy atom. The Bertz CT molecular complexity index is 346. The zero-order chi connectivity index (χ0) is 11.3. The molecule has 4 heteroatoms. The van der Waals surface area contributed by atoms with Crippen LogP contribution >= 0.6 is 0 Å². The molecule has 1 rings (SSSR count). The van der Waals surface area contributed by atoms with Crippen molar-refractivity contribution < 1.29 is 19.4 Å². The summed E-state index contributed by atoms with van der Waals surface area (Å²) >= 11 is 0. The van der Waals surface area contributed by atoms with Crippen molar-refractivity contribution >= 4 is 5.97 Å². The number of aliphatic hydroxyl groups is 1.